The average Bonchev–Trinajstić information content (AvgIpc) is 2.80. The van der Waals surface area contributed by atoms with Crippen LogP contribution >= 0.6 is 0 Å². The van der Waals surface area contributed by atoms with E-state index in [9.17, 15) is 13.2 Å². The Kier molecular flexibility index (Phi) is 8.97. The fourth-order valence-corrected chi connectivity index (χ4v) is 3.83. The van der Waals surface area contributed by atoms with E-state index in [4.69, 9.17) is 4.74 Å². The molecule has 0 fully saturated rings. The lowest BCUT2D eigenvalue weighted by Gasteiger charge is -2.24. The molecule has 7 nitrogen and oxygen atoms in total. The number of pyridine rings is 1. The van der Waals surface area contributed by atoms with Crippen molar-refractivity contribution in [3.63, 3.8) is 0 Å². The Labute approximate surface area is 202 Å². The Morgan fingerprint density at radius 3 is 2.26 bits per heavy atom. The van der Waals surface area contributed by atoms with Crippen LogP contribution in [0.3, 0.4) is 0 Å². The number of para-hydroxylation sites is 1. The third kappa shape index (κ3) is 6.45. The fourth-order valence-electron chi connectivity index (χ4n) is 3.29. The van der Waals surface area contributed by atoms with Crippen LogP contribution in [0.5, 0.6) is 5.88 Å². The molecule has 0 aliphatic rings. The van der Waals surface area contributed by atoms with Gasteiger partial charge in [0.25, 0.3) is 5.91 Å². The third-order valence-corrected chi connectivity index (χ3v) is 5.33. The van der Waals surface area contributed by atoms with E-state index in [2.05, 4.69) is 16.3 Å². The predicted molar refractivity (Wildman–Crippen MR) is 139 cm³/mol. The van der Waals surface area contributed by atoms with Crippen molar-refractivity contribution in [1.29, 1.82) is 0 Å². The molecule has 0 bridgehead atoms. The second-order valence-corrected chi connectivity index (χ2v) is 9.14. The topological polar surface area (TPSA) is 88.6 Å². The van der Waals surface area contributed by atoms with Crippen molar-refractivity contribution >= 4 is 27.3 Å². The first-order chi connectivity index (χ1) is 16.1. The first-order valence-corrected chi connectivity index (χ1v) is 12.7. The van der Waals surface area contributed by atoms with Crippen molar-refractivity contribution in [3.8, 4) is 17.0 Å². The molecule has 0 atom stereocenters. The van der Waals surface area contributed by atoms with Gasteiger partial charge in [0.15, 0.2) is 0 Å². The Bertz CT molecular complexity index is 1270. The van der Waals surface area contributed by atoms with E-state index in [-0.39, 0.29) is 17.5 Å². The number of nitrogens with one attached hydrogen (secondary N) is 1. The largest absolute Gasteiger partial charge is 0.480 e. The normalized spacial score (nSPS) is 10.5. The molecule has 0 radical (unpaired) electrons. The number of methoxy groups -OCH3 is 1. The molecule has 0 unspecified atom stereocenters. The van der Waals surface area contributed by atoms with Gasteiger partial charge in [-0.2, -0.15) is 0 Å². The number of aromatic nitrogens is 1. The van der Waals surface area contributed by atoms with Gasteiger partial charge in [-0.15, -0.1) is 0 Å². The highest BCUT2D eigenvalue weighted by molar-refractivity contribution is 7.92. The number of amides is 1. The lowest BCUT2D eigenvalue weighted by Crippen LogP contribution is -2.29. The van der Waals surface area contributed by atoms with Crippen molar-refractivity contribution in [2.45, 2.75) is 27.7 Å². The molecule has 0 aliphatic carbocycles. The molecular weight excluding hydrogens is 450 g/mol. The minimum Gasteiger partial charge on any atom is -0.480 e. The Hall–Kier alpha value is -3.65. The van der Waals surface area contributed by atoms with E-state index in [0.29, 0.717) is 22.4 Å². The van der Waals surface area contributed by atoms with Gasteiger partial charge >= 0.3 is 0 Å². The number of anilines is 2. The lowest BCUT2D eigenvalue weighted by atomic mass is 9.99. The Balaban J connectivity index is 0.00000199. The third-order valence-electron chi connectivity index (χ3n) is 4.74. The van der Waals surface area contributed by atoms with Gasteiger partial charge in [0.1, 0.15) is 5.69 Å². The van der Waals surface area contributed by atoms with Gasteiger partial charge in [0, 0.05) is 28.7 Å². The van der Waals surface area contributed by atoms with Gasteiger partial charge in [-0.1, -0.05) is 50.8 Å². The van der Waals surface area contributed by atoms with Crippen LogP contribution in [0.15, 0.2) is 73.1 Å². The van der Waals surface area contributed by atoms with E-state index in [0.717, 1.165) is 17.5 Å². The molecule has 2 aromatic carbocycles. The van der Waals surface area contributed by atoms with Gasteiger partial charge in [-0.3, -0.25) is 14.4 Å². The molecule has 3 aromatic rings. The summed E-state index contributed by atoms with van der Waals surface area (Å²) >= 11 is 0. The second kappa shape index (κ2) is 11.5. The minimum atomic E-state index is -3.53. The molecule has 1 heterocycles. The lowest BCUT2D eigenvalue weighted by molar-refractivity contribution is 0.0994. The number of rotatable bonds is 7. The van der Waals surface area contributed by atoms with Crippen molar-refractivity contribution in [3.05, 3.63) is 84.2 Å². The second-order valence-electron chi connectivity index (χ2n) is 7.40. The van der Waals surface area contributed by atoms with Crippen LogP contribution < -0.4 is 14.4 Å². The standard InChI is InChI=1S/C24H25N3O4S.C2H6/c1-16(2)27(20-9-7-6-8-10-20)24(28)21-13-18(12-11-17(21)3)19-14-22(26-32(5,29)30)23(31-4)25-15-19;1-2/h6-15,26H,1H2,2-5H3;1-2H3. The zero-order valence-electron chi connectivity index (χ0n) is 20.4. The zero-order chi connectivity index (χ0) is 25.5. The summed E-state index contributed by atoms with van der Waals surface area (Å²) in [5.74, 6) is -0.0564. The van der Waals surface area contributed by atoms with Gasteiger partial charge in [-0.25, -0.2) is 13.4 Å². The molecular formula is C26H31N3O4S. The zero-order valence-corrected chi connectivity index (χ0v) is 21.2. The van der Waals surface area contributed by atoms with E-state index in [1.54, 1.807) is 30.2 Å². The highest BCUT2D eigenvalue weighted by Crippen LogP contribution is 2.31. The van der Waals surface area contributed by atoms with E-state index in [1.165, 1.54) is 7.11 Å². The number of allylic oxidation sites excluding steroid dienone is 1. The number of nitrogens with zero attached hydrogens (tertiary/aromatic N) is 2. The number of hydrogen-bond donors (Lipinski definition) is 1. The molecule has 0 saturated carbocycles. The molecule has 0 spiro atoms. The van der Waals surface area contributed by atoms with Gasteiger partial charge < -0.3 is 4.74 Å². The summed E-state index contributed by atoms with van der Waals surface area (Å²) in [4.78, 5) is 19.3. The minimum absolute atomic E-state index is 0.153. The number of benzene rings is 2. The summed E-state index contributed by atoms with van der Waals surface area (Å²) in [6.45, 7) is 11.6. The number of aryl methyl sites for hydroxylation is 1. The molecule has 34 heavy (non-hydrogen) atoms. The molecule has 1 N–H and O–H groups in total. The van der Waals surface area contributed by atoms with E-state index in [1.807, 2.05) is 63.2 Å². The van der Waals surface area contributed by atoms with Crippen molar-refractivity contribution in [2.24, 2.45) is 0 Å². The number of carbonyl (C=O) groups excluding carboxylic acids is 1. The maximum atomic E-state index is 13.5. The first kappa shape index (κ1) is 26.6. The summed E-state index contributed by atoms with van der Waals surface area (Å²) < 4.78 is 31.0. The quantitative estimate of drug-likeness (QED) is 0.471. The van der Waals surface area contributed by atoms with Crippen LogP contribution in [0.4, 0.5) is 11.4 Å². The summed E-state index contributed by atoms with van der Waals surface area (Å²) in [6.07, 6.45) is 2.62. The predicted octanol–water partition coefficient (Wildman–Crippen LogP) is 5.64. The smallest absolute Gasteiger partial charge is 0.262 e. The van der Waals surface area contributed by atoms with Crippen molar-refractivity contribution in [1.82, 2.24) is 4.98 Å². The summed E-state index contributed by atoms with van der Waals surface area (Å²) in [6, 6.07) is 16.4. The fraction of sp³-hybridized carbons (Fsp3) is 0.231. The SMILES string of the molecule is C=C(C)N(C(=O)c1cc(-c2cnc(OC)c(NS(C)(=O)=O)c2)ccc1C)c1ccccc1.CC. The van der Waals surface area contributed by atoms with Crippen LogP contribution in [-0.4, -0.2) is 32.7 Å². The highest BCUT2D eigenvalue weighted by Gasteiger charge is 2.21. The number of sulfonamides is 1. The van der Waals surface area contributed by atoms with Crippen LogP contribution in [0.25, 0.3) is 11.1 Å². The molecule has 3 rings (SSSR count). The number of ether oxygens (including phenoxy) is 1. The monoisotopic (exact) mass is 481 g/mol. The maximum absolute atomic E-state index is 13.5. The molecule has 0 aliphatic heterocycles. The molecule has 0 saturated heterocycles. The Morgan fingerprint density at radius 2 is 1.71 bits per heavy atom. The summed E-state index contributed by atoms with van der Waals surface area (Å²) in [5, 5.41) is 0. The van der Waals surface area contributed by atoms with Crippen LogP contribution in [0.1, 0.15) is 36.7 Å². The first-order valence-electron chi connectivity index (χ1n) is 10.8. The van der Waals surface area contributed by atoms with Crippen molar-refractivity contribution < 1.29 is 17.9 Å². The van der Waals surface area contributed by atoms with Gasteiger partial charge in [0.05, 0.1) is 13.4 Å². The van der Waals surface area contributed by atoms with Gasteiger partial charge in [-0.05, 0) is 49.2 Å². The van der Waals surface area contributed by atoms with E-state index < -0.39 is 10.0 Å². The van der Waals surface area contributed by atoms with Crippen molar-refractivity contribution in [2.75, 3.05) is 23.0 Å². The van der Waals surface area contributed by atoms with Crippen LogP contribution in [0, 0.1) is 6.92 Å². The summed E-state index contributed by atoms with van der Waals surface area (Å²) in [5.41, 5.74) is 4.18. The molecule has 1 amide bonds. The number of carbonyl (C=O) groups is 1. The van der Waals surface area contributed by atoms with Crippen LogP contribution in [-0.2, 0) is 10.0 Å². The van der Waals surface area contributed by atoms with Crippen LogP contribution in [0.2, 0.25) is 0 Å². The number of hydrogen-bond acceptors (Lipinski definition) is 5. The average molecular weight is 482 g/mol. The molecule has 8 heteroatoms. The molecule has 180 valence electrons. The highest BCUT2D eigenvalue weighted by atomic mass is 32.2. The molecule has 1 aromatic heterocycles. The Morgan fingerprint density at radius 1 is 1.06 bits per heavy atom. The van der Waals surface area contributed by atoms with E-state index >= 15 is 0 Å². The maximum Gasteiger partial charge on any atom is 0.262 e. The van der Waals surface area contributed by atoms with Gasteiger partial charge in [0.2, 0.25) is 15.9 Å². The summed E-state index contributed by atoms with van der Waals surface area (Å²) in [7, 11) is -2.12.